The average molecular weight is 351 g/mol. The van der Waals surface area contributed by atoms with Gasteiger partial charge in [-0.05, 0) is 19.1 Å². The molecule has 0 saturated carbocycles. The van der Waals surface area contributed by atoms with Gasteiger partial charge in [0.05, 0.1) is 33.7 Å². The van der Waals surface area contributed by atoms with E-state index in [-0.39, 0.29) is 0 Å². The van der Waals surface area contributed by atoms with Crippen molar-refractivity contribution in [3.63, 3.8) is 0 Å². The molecule has 0 amide bonds. The fraction of sp³-hybridized carbons (Fsp3) is 0.250. The lowest BCUT2D eigenvalue weighted by atomic mass is 10.1. The first-order chi connectivity index (χ1) is 11.0. The van der Waals surface area contributed by atoms with Crippen molar-refractivity contribution in [1.82, 2.24) is 14.5 Å². The molecule has 2 aromatic heterocycles. The van der Waals surface area contributed by atoms with Gasteiger partial charge >= 0.3 is 0 Å². The van der Waals surface area contributed by atoms with Crippen LogP contribution in [-0.2, 0) is 0 Å². The van der Waals surface area contributed by atoms with E-state index in [4.69, 9.17) is 23.2 Å². The van der Waals surface area contributed by atoms with E-state index in [0.717, 1.165) is 11.1 Å². The van der Waals surface area contributed by atoms with Crippen LogP contribution in [0.25, 0.3) is 16.6 Å². The minimum absolute atomic E-state index is 0.415. The number of aromatic nitrogens is 3. The predicted molar refractivity (Wildman–Crippen MR) is 93.8 cm³/mol. The molecule has 2 heterocycles. The maximum absolute atomic E-state index is 9.62. The second-order valence-electron chi connectivity index (χ2n) is 5.46. The fourth-order valence-corrected chi connectivity index (χ4v) is 2.86. The Bertz CT molecular complexity index is 834. The molecule has 1 aromatic carbocycles. The highest BCUT2D eigenvalue weighted by molar-refractivity contribution is 6.45. The molecule has 1 N–H and O–H groups in total. The molecule has 7 heteroatoms. The molecule has 23 heavy (non-hydrogen) atoms. The smallest absolute Gasteiger partial charge is 0.131 e. The summed E-state index contributed by atoms with van der Waals surface area (Å²) in [5.74, 6) is 0.700. The van der Waals surface area contributed by atoms with Gasteiger partial charge in [0.1, 0.15) is 5.82 Å². The Kier molecular flexibility index (Phi) is 4.43. The summed E-state index contributed by atoms with van der Waals surface area (Å²) in [5, 5.41) is 11.4. The monoisotopic (exact) mass is 350 g/mol. The molecule has 0 fully saturated rings. The van der Waals surface area contributed by atoms with E-state index in [1.165, 1.54) is 0 Å². The summed E-state index contributed by atoms with van der Waals surface area (Å²) in [7, 11) is 1.87. The summed E-state index contributed by atoms with van der Waals surface area (Å²) < 4.78 is 1.90. The fourth-order valence-electron chi connectivity index (χ4n) is 2.50. The summed E-state index contributed by atoms with van der Waals surface area (Å²) in [4.78, 5) is 10.6. The van der Waals surface area contributed by atoms with Crippen LogP contribution < -0.4 is 4.90 Å². The van der Waals surface area contributed by atoms with E-state index in [9.17, 15) is 5.11 Å². The van der Waals surface area contributed by atoms with E-state index in [2.05, 4.69) is 9.97 Å². The quantitative estimate of drug-likeness (QED) is 0.781. The minimum atomic E-state index is -0.468. The summed E-state index contributed by atoms with van der Waals surface area (Å²) in [6.45, 7) is 2.19. The third-order valence-electron chi connectivity index (χ3n) is 3.55. The van der Waals surface area contributed by atoms with Crippen molar-refractivity contribution in [2.75, 3.05) is 18.5 Å². The number of benzene rings is 1. The predicted octanol–water partition coefficient (Wildman–Crippen LogP) is 3.54. The van der Waals surface area contributed by atoms with Crippen molar-refractivity contribution in [2.45, 2.75) is 13.0 Å². The zero-order valence-electron chi connectivity index (χ0n) is 12.7. The Morgan fingerprint density at radius 1 is 1.35 bits per heavy atom. The van der Waals surface area contributed by atoms with E-state index in [1.54, 1.807) is 25.5 Å². The highest BCUT2D eigenvalue weighted by atomic mass is 35.5. The van der Waals surface area contributed by atoms with Gasteiger partial charge < -0.3 is 14.6 Å². The maximum atomic E-state index is 9.62. The van der Waals surface area contributed by atoms with Crippen molar-refractivity contribution in [2.24, 2.45) is 0 Å². The summed E-state index contributed by atoms with van der Waals surface area (Å²) in [6, 6.07) is 5.59. The van der Waals surface area contributed by atoms with Gasteiger partial charge in [-0.25, -0.2) is 9.97 Å². The Morgan fingerprint density at radius 3 is 2.78 bits per heavy atom. The molecule has 0 aliphatic heterocycles. The number of nitrogens with zero attached hydrogens (tertiary/aromatic N) is 4. The lowest BCUT2D eigenvalue weighted by Gasteiger charge is -2.22. The van der Waals surface area contributed by atoms with Gasteiger partial charge in [-0.1, -0.05) is 23.2 Å². The molecule has 5 nitrogen and oxygen atoms in total. The molecule has 0 radical (unpaired) electrons. The van der Waals surface area contributed by atoms with Crippen LogP contribution >= 0.6 is 23.2 Å². The first-order valence-corrected chi connectivity index (χ1v) is 7.89. The number of aliphatic hydroxyl groups is 1. The molecule has 1 unspecified atom stereocenters. The third kappa shape index (κ3) is 3.13. The van der Waals surface area contributed by atoms with Crippen LogP contribution in [0.5, 0.6) is 0 Å². The molecule has 3 rings (SSSR count). The van der Waals surface area contributed by atoms with Crippen molar-refractivity contribution < 1.29 is 5.11 Å². The minimum Gasteiger partial charge on any atom is -0.392 e. The van der Waals surface area contributed by atoms with Crippen LogP contribution in [0.1, 0.15) is 6.92 Å². The summed E-state index contributed by atoms with van der Waals surface area (Å²) in [6.07, 6.45) is 4.82. The Labute approximate surface area is 144 Å². The zero-order chi connectivity index (χ0) is 16.6. The number of rotatable bonds is 4. The third-order valence-corrected chi connectivity index (χ3v) is 4.34. The molecule has 0 saturated heterocycles. The molecular formula is C16H16Cl2N4O. The van der Waals surface area contributed by atoms with Crippen LogP contribution in [0.3, 0.4) is 0 Å². The van der Waals surface area contributed by atoms with Crippen LogP contribution in [0, 0.1) is 0 Å². The van der Waals surface area contributed by atoms with Crippen LogP contribution in [-0.4, -0.2) is 39.3 Å². The van der Waals surface area contributed by atoms with Crippen LogP contribution in [0.2, 0.25) is 10.0 Å². The first kappa shape index (κ1) is 16.1. The highest BCUT2D eigenvalue weighted by Crippen LogP contribution is 2.34. The summed E-state index contributed by atoms with van der Waals surface area (Å²) >= 11 is 12.5. The van der Waals surface area contributed by atoms with Crippen LogP contribution in [0.15, 0.2) is 36.9 Å². The number of hydrogen-bond acceptors (Lipinski definition) is 4. The lowest BCUT2D eigenvalue weighted by Crippen LogP contribution is -2.27. The molecule has 0 aliphatic carbocycles. The normalized spacial score (nSPS) is 12.6. The van der Waals surface area contributed by atoms with Crippen molar-refractivity contribution in [3.8, 4) is 5.69 Å². The summed E-state index contributed by atoms with van der Waals surface area (Å²) in [5.41, 5.74) is 1.52. The molecular weight excluding hydrogens is 335 g/mol. The SMILES string of the molecule is CC(O)CN(C)c1cc(-n2ccnc2)c2ccc(Cl)c(Cl)c2n1. The molecule has 120 valence electrons. The zero-order valence-corrected chi connectivity index (χ0v) is 14.3. The Morgan fingerprint density at radius 2 is 2.13 bits per heavy atom. The number of hydrogen-bond donors (Lipinski definition) is 1. The Balaban J connectivity index is 2.25. The number of halogens is 2. The largest absolute Gasteiger partial charge is 0.392 e. The topological polar surface area (TPSA) is 54.2 Å². The number of fused-ring (bicyclic) bond motifs is 1. The average Bonchev–Trinajstić information content (AvgIpc) is 3.03. The van der Waals surface area contributed by atoms with Crippen molar-refractivity contribution in [3.05, 3.63) is 47.0 Å². The standard InChI is InChI=1S/C16H16Cl2N4O/c1-10(23)8-21(2)14-7-13(22-6-5-19-9-22)11-3-4-12(17)15(18)16(11)20-14/h3-7,9-10,23H,8H2,1-2H3. The van der Waals surface area contributed by atoms with Gasteiger partial charge in [-0.3, -0.25) is 0 Å². The number of likely N-dealkylation sites (N-methyl/N-ethyl adjacent to an activating group) is 1. The van der Waals surface area contributed by atoms with Gasteiger partial charge in [-0.2, -0.15) is 0 Å². The second kappa shape index (κ2) is 6.35. The van der Waals surface area contributed by atoms with Gasteiger partial charge in [0.2, 0.25) is 0 Å². The molecule has 0 bridgehead atoms. The number of imidazole rings is 1. The molecule has 0 aliphatic rings. The van der Waals surface area contributed by atoms with E-state index in [0.29, 0.717) is 27.9 Å². The van der Waals surface area contributed by atoms with E-state index >= 15 is 0 Å². The molecule has 3 aromatic rings. The van der Waals surface area contributed by atoms with Crippen molar-refractivity contribution >= 4 is 39.9 Å². The van der Waals surface area contributed by atoms with Gasteiger partial charge in [-0.15, -0.1) is 0 Å². The first-order valence-electron chi connectivity index (χ1n) is 7.13. The van der Waals surface area contributed by atoms with Crippen molar-refractivity contribution in [1.29, 1.82) is 0 Å². The number of aliphatic hydroxyl groups excluding tert-OH is 1. The highest BCUT2D eigenvalue weighted by Gasteiger charge is 2.15. The van der Waals surface area contributed by atoms with Crippen LogP contribution in [0.4, 0.5) is 5.82 Å². The maximum Gasteiger partial charge on any atom is 0.131 e. The molecule has 1 atom stereocenters. The Hall–Kier alpha value is -1.82. The van der Waals surface area contributed by atoms with E-state index in [1.807, 2.05) is 34.8 Å². The van der Waals surface area contributed by atoms with Gasteiger partial charge in [0, 0.05) is 37.4 Å². The molecule has 0 spiro atoms. The second-order valence-corrected chi connectivity index (χ2v) is 6.24. The number of anilines is 1. The number of pyridine rings is 1. The van der Waals surface area contributed by atoms with Gasteiger partial charge in [0.25, 0.3) is 0 Å². The van der Waals surface area contributed by atoms with E-state index < -0.39 is 6.10 Å². The van der Waals surface area contributed by atoms with Gasteiger partial charge in [0.15, 0.2) is 0 Å². The lowest BCUT2D eigenvalue weighted by molar-refractivity contribution is 0.201.